The molecule has 1 aromatic carbocycles. The molecule has 2 rings (SSSR count). The average Bonchev–Trinajstić information content (AvgIpc) is 2.58. The van der Waals surface area contributed by atoms with Crippen molar-refractivity contribution in [1.29, 1.82) is 0 Å². The molecule has 84 valence electrons. The zero-order valence-electron chi connectivity index (χ0n) is 8.41. The number of hydrogen-bond acceptors (Lipinski definition) is 3. The summed E-state index contributed by atoms with van der Waals surface area (Å²) in [4.78, 5) is 22.5. The highest BCUT2D eigenvalue weighted by Crippen LogP contribution is 2.29. The van der Waals surface area contributed by atoms with Gasteiger partial charge >= 0.3 is 6.03 Å². The first-order valence-corrected chi connectivity index (χ1v) is 5.36. The highest BCUT2D eigenvalue weighted by Gasteiger charge is 2.32. The first-order chi connectivity index (χ1) is 7.61. The minimum atomic E-state index is -0.669. The molecular weight excluding hydrogens is 276 g/mol. The van der Waals surface area contributed by atoms with Crippen molar-refractivity contribution in [3.8, 4) is 5.75 Å². The number of nitrogens with one attached hydrogen (secondary N) is 2. The van der Waals surface area contributed by atoms with Crippen molar-refractivity contribution in [2.75, 3.05) is 7.11 Å². The number of carbonyl (C=O) groups is 2. The molecule has 1 fully saturated rings. The van der Waals surface area contributed by atoms with Crippen LogP contribution in [-0.2, 0) is 4.79 Å². The average molecular weight is 285 g/mol. The number of imide groups is 1. The van der Waals surface area contributed by atoms with E-state index < -0.39 is 12.1 Å². The molecule has 0 bridgehead atoms. The van der Waals surface area contributed by atoms with E-state index in [-0.39, 0.29) is 5.91 Å². The quantitative estimate of drug-likeness (QED) is 0.806. The van der Waals surface area contributed by atoms with Crippen molar-refractivity contribution in [2.24, 2.45) is 0 Å². The van der Waals surface area contributed by atoms with Gasteiger partial charge < -0.3 is 10.1 Å². The van der Waals surface area contributed by atoms with E-state index in [0.717, 1.165) is 4.47 Å². The Morgan fingerprint density at radius 2 is 2.12 bits per heavy atom. The highest BCUT2D eigenvalue weighted by molar-refractivity contribution is 9.10. The summed E-state index contributed by atoms with van der Waals surface area (Å²) in [6, 6.07) is 4.09. The first-order valence-electron chi connectivity index (χ1n) is 4.56. The normalized spacial score (nSPS) is 19.2. The summed E-state index contributed by atoms with van der Waals surface area (Å²) >= 11 is 3.33. The maximum Gasteiger partial charge on any atom is 0.322 e. The predicted molar refractivity (Wildman–Crippen MR) is 60.1 cm³/mol. The van der Waals surface area contributed by atoms with E-state index in [1.54, 1.807) is 25.3 Å². The zero-order chi connectivity index (χ0) is 11.7. The van der Waals surface area contributed by atoms with Crippen LogP contribution in [0.5, 0.6) is 5.75 Å². The van der Waals surface area contributed by atoms with Gasteiger partial charge in [-0.1, -0.05) is 15.9 Å². The van der Waals surface area contributed by atoms with Gasteiger partial charge in [-0.2, -0.15) is 0 Å². The van der Waals surface area contributed by atoms with Crippen molar-refractivity contribution >= 4 is 27.9 Å². The molecule has 0 aliphatic carbocycles. The third-order valence-electron chi connectivity index (χ3n) is 2.29. The summed E-state index contributed by atoms with van der Waals surface area (Å²) in [6.45, 7) is 0. The highest BCUT2D eigenvalue weighted by atomic mass is 79.9. The number of rotatable bonds is 2. The lowest BCUT2D eigenvalue weighted by atomic mass is 10.1. The van der Waals surface area contributed by atoms with E-state index >= 15 is 0 Å². The SMILES string of the molecule is COc1ccc(Br)c(C2NC(=O)NC2=O)c1. The molecule has 1 saturated heterocycles. The van der Waals surface area contributed by atoms with Crippen LogP contribution in [0.1, 0.15) is 11.6 Å². The molecule has 0 spiro atoms. The number of amides is 3. The second-order valence-corrected chi connectivity index (χ2v) is 4.14. The lowest BCUT2D eigenvalue weighted by molar-refractivity contribution is -0.120. The van der Waals surface area contributed by atoms with Crippen LogP contribution in [0.25, 0.3) is 0 Å². The monoisotopic (exact) mass is 284 g/mol. The minimum absolute atomic E-state index is 0.362. The van der Waals surface area contributed by atoms with Gasteiger partial charge in [-0.3, -0.25) is 10.1 Å². The molecule has 3 amide bonds. The number of benzene rings is 1. The number of ether oxygens (including phenoxy) is 1. The standard InChI is InChI=1S/C10H9BrN2O3/c1-16-5-2-3-7(11)6(4-5)8-9(14)13-10(15)12-8/h2-4,8H,1H3,(H2,12,13,14,15). The van der Waals surface area contributed by atoms with Gasteiger partial charge in [0.2, 0.25) is 0 Å². The van der Waals surface area contributed by atoms with Crippen molar-refractivity contribution < 1.29 is 14.3 Å². The molecule has 0 saturated carbocycles. The minimum Gasteiger partial charge on any atom is -0.497 e. The molecule has 16 heavy (non-hydrogen) atoms. The van der Waals surface area contributed by atoms with E-state index in [4.69, 9.17) is 4.74 Å². The fraction of sp³-hybridized carbons (Fsp3) is 0.200. The topological polar surface area (TPSA) is 67.4 Å². The van der Waals surface area contributed by atoms with Gasteiger partial charge in [-0.25, -0.2) is 4.79 Å². The van der Waals surface area contributed by atoms with Gasteiger partial charge in [-0.05, 0) is 18.2 Å². The van der Waals surface area contributed by atoms with Crippen molar-refractivity contribution in [3.63, 3.8) is 0 Å². The fourth-order valence-corrected chi connectivity index (χ4v) is 1.98. The molecular formula is C10H9BrN2O3. The Kier molecular flexibility index (Phi) is 2.82. The lowest BCUT2D eigenvalue weighted by Gasteiger charge is -2.11. The van der Waals surface area contributed by atoms with E-state index in [1.165, 1.54) is 0 Å². The predicted octanol–water partition coefficient (Wildman–Crippen LogP) is 1.34. The Morgan fingerprint density at radius 1 is 1.38 bits per heavy atom. The Morgan fingerprint density at radius 3 is 2.69 bits per heavy atom. The largest absolute Gasteiger partial charge is 0.497 e. The van der Waals surface area contributed by atoms with Crippen LogP contribution in [0, 0.1) is 0 Å². The molecule has 1 atom stereocenters. The molecule has 1 aliphatic heterocycles. The van der Waals surface area contributed by atoms with Gasteiger partial charge in [-0.15, -0.1) is 0 Å². The molecule has 0 radical (unpaired) electrons. The van der Waals surface area contributed by atoms with Crippen molar-refractivity contribution in [3.05, 3.63) is 28.2 Å². The number of carbonyl (C=O) groups excluding carboxylic acids is 2. The second kappa shape index (κ2) is 4.13. The summed E-state index contributed by atoms with van der Waals surface area (Å²) < 4.78 is 5.81. The van der Waals surface area contributed by atoms with E-state index in [9.17, 15) is 9.59 Å². The summed E-state index contributed by atoms with van der Waals surface area (Å²) in [5.41, 5.74) is 0.669. The van der Waals surface area contributed by atoms with Crippen LogP contribution in [0.15, 0.2) is 22.7 Å². The molecule has 0 aromatic heterocycles. The Bertz CT molecular complexity index is 461. The van der Waals surface area contributed by atoms with E-state index in [0.29, 0.717) is 11.3 Å². The molecule has 1 aromatic rings. The van der Waals surface area contributed by atoms with E-state index in [1.807, 2.05) is 0 Å². The zero-order valence-corrected chi connectivity index (χ0v) is 10.00. The Labute approximate surface area is 100 Å². The lowest BCUT2D eigenvalue weighted by Crippen LogP contribution is -2.22. The maximum absolute atomic E-state index is 11.5. The van der Waals surface area contributed by atoms with Crippen LogP contribution in [0.2, 0.25) is 0 Å². The molecule has 6 heteroatoms. The van der Waals surface area contributed by atoms with E-state index in [2.05, 4.69) is 26.6 Å². The number of halogens is 1. The summed E-state index contributed by atoms with van der Waals surface area (Å²) in [5.74, 6) is 0.270. The molecule has 1 heterocycles. The van der Waals surface area contributed by atoms with Crippen molar-refractivity contribution in [1.82, 2.24) is 10.6 Å². The third kappa shape index (κ3) is 1.88. The Hall–Kier alpha value is -1.56. The Balaban J connectivity index is 2.39. The summed E-state index contributed by atoms with van der Waals surface area (Å²) in [7, 11) is 1.54. The van der Waals surface area contributed by atoms with Crippen LogP contribution >= 0.6 is 15.9 Å². The second-order valence-electron chi connectivity index (χ2n) is 3.28. The summed E-state index contributed by atoms with van der Waals surface area (Å²) in [5, 5.41) is 4.71. The molecule has 1 unspecified atom stereocenters. The molecule has 1 aliphatic rings. The first kappa shape index (κ1) is 10.9. The maximum atomic E-state index is 11.5. The fourth-order valence-electron chi connectivity index (χ4n) is 1.51. The smallest absolute Gasteiger partial charge is 0.322 e. The van der Waals surface area contributed by atoms with Crippen LogP contribution in [0.4, 0.5) is 4.79 Å². The van der Waals surface area contributed by atoms with Gasteiger partial charge in [0.25, 0.3) is 5.91 Å². The van der Waals surface area contributed by atoms with Crippen LogP contribution < -0.4 is 15.4 Å². The molecule has 5 nitrogen and oxygen atoms in total. The molecule has 2 N–H and O–H groups in total. The van der Waals surface area contributed by atoms with Crippen molar-refractivity contribution in [2.45, 2.75) is 6.04 Å². The number of urea groups is 1. The van der Waals surface area contributed by atoms with Gasteiger partial charge in [0, 0.05) is 10.0 Å². The summed E-state index contributed by atoms with van der Waals surface area (Å²) in [6.07, 6.45) is 0. The van der Waals surface area contributed by atoms with Gasteiger partial charge in [0.15, 0.2) is 0 Å². The van der Waals surface area contributed by atoms with Crippen LogP contribution in [-0.4, -0.2) is 19.0 Å². The third-order valence-corrected chi connectivity index (χ3v) is 3.01. The number of methoxy groups -OCH3 is 1. The van der Waals surface area contributed by atoms with Crippen LogP contribution in [0.3, 0.4) is 0 Å². The number of hydrogen-bond donors (Lipinski definition) is 2. The van der Waals surface area contributed by atoms with Gasteiger partial charge in [0.1, 0.15) is 11.8 Å². The van der Waals surface area contributed by atoms with Gasteiger partial charge in [0.05, 0.1) is 7.11 Å².